The lowest BCUT2D eigenvalue weighted by Gasteiger charge is -2.10. The summed E-state index contributed by atoms with van der Waals surface area (Å²) >= 11 is 5.89. The summed E-state index contributed by atoms with van der Waals surface area (Å²) in [6.07, 6.45) is 1.41. The molecule has 0 saturated heterocycles. The molecule has 4 aromatic carbocycles. The third-order valence-electron chi connectivity index (χ3n) is 5.02. The van der Waals surface area contributed by atoms with Crippen LogP contribution < -0.4 is 15.5 Å². The zero-order valence-corrected chi connectivity index (χ0v) is 19.2. The van der Waals surface area contributed by atoms with Gasteiger partial charge < -0.3 is 10.1 Å². The van der Waals surface area contributed by atoms with E-state index in [4.69, 9.17) is 16.3 Å². The Bertz CT molecular complexity index is 1420. The molecule has 2 amide bonds. The zero-order chi connectivity index (χ0) is 24.6. The van der Waals surface area contributed by atoms with Crippen LogP contribution in [0.25, 0.3) is 10.8 Å². The molecule has 2 N–H and O–H groups in total. The average Bonchev–Trinajstić information content (AvgIpc) is 2.88. The average molecular weight is 486 g/mol. The highest BCUT2D eigenvalue weighted by Gasteiger charge is 2.13. The molecule has 8 heteroatoms. The van der Waals surface area contributed by atoms with Gasteiger partial charge in [-0.2, -0.15) is 5.10 Å². The molecule has 0 aliphatic rings. The van der Waals surface area contributed by atoms with Crippen LogP contribution in [0, 0.1) is 0 Å². The summed E-state index contributed by atoms with van der Waals surface area (Å²) in [6.45, 7) is -0.284. The van der Waals surface area contributed by atoms with Gasteiger partial charge in [0.25, 0.3) is 11.8 Å². The van der Waals surface area contributed by atoms with Crippen LogP contribution in [0.3, 0.4) is 0 Å². The summed E-state index contributed by atoms with van der Waals surface area (Å²) in [5.41, 5.74) is 3.65. The van der Waals surface area contributed by atoms with Gasteiger partial charge in [-0.1, -0.05) is 66.2 Å². The maximum absolute atomic E-state index is 12.6. The van der Waals surface area contributed by atoms with Gasteiger partial charge in [0.2, 0.25) is 0 Å². The van der Waals surface area contributed by atoms with Gasteiger partial charge >= 0.3 is 5.97 Å². The minimum atomic E-state index is -0.528. The largest absolute Gasteiger partial charge is 0.422 e. The minimum absolute atomic E-state index is 0.284. The van der Waals surface area contributed by atoms with Gasteiger partial charge in [0.1, 0.15) is 5.75 Å². The number of amides is 2. The van der Waals surface area contributed by atoms with E-state index in [1.807, 2.05) is 36.4 Å². The Labute approximate surface area is 206 Å². The van der Waals surface area contributed by atoms with Crippen molar-refractivity contribution in [3.8, 4) is 5.75 Å². The second-order valence-electron chi connectivity index (χ2n) is 7.44. The maximum Gasteiger partial charge on any atom is 0.343 e. The van der Waals surface area contributed by atoms with Crippen LogP contribution in [-0.4, -0.2) is 30.5 Å². The van der Waals surface area contributed by atoms with Crippen molar-refractivity contribution in [2.24, 2.45) is 5.10 Å². The lowest BCUT2D eigenvalue weighted by molar-refractivity contribution is -0.120. The van der Waals surface area contributed by atoms with Gasteiger partial charge in [-0.15, -0.1) is 0 Å². The zero-order valence-electron chi connectivity index (χ0n) is 18.4. The predicted octanol–water partition coefficient (Wildman–Crippen LogP) is 4.59. The standard InChI is InChI=1S/C27H20ClN3O4/c28-21-11-6-10-20(15-21)26(33)29-17-25(32)31-30-16-23-22-12-5-4-7-18(22)13-14-24(23)35-27(34)19-8-2-1-3-9-19/h1-16H,17H2,(H,29,33)(H,31,32)/b30-16+. The topological polar surface area (TPSA) is 96.9 Å². The Morgan fingerprint density at radius 1 is 0.857 bits per heavy atom. The van der Waals surface area contributed by atoms with Crippen LogP contribution in [0.2, 0.25) is 5.02 Å². The first-order valence-corrected chi connectivity index (χ1v) is 11.0. The molecule has 0 spiro atoms. The molecule has 174 valence electrons. The van der Waals surface area contributed by atoms with Gasteiger partial charge in [-0.25, -0.2) is 10.2 Å². The number of ether oxygens (including phenoxy) is 1. The lowest BCUT2D eigenvalue weighted by Crippen LogP contribution is -2.34. The fourth-order valence-electron chi connectivity index (χ4n) is 3.33. The molecule has 35 heavy (non-hydrogen) atoms. The van der Waals surface area contributed by atoms with Crippen molar-refractivity contribution in [3.05, 3.63) is 113 Å². The van der Waals surface area contributed by atoms with Crippen molar-refractivity contribution in [1.29, 1.82) is 0 Å². The Balaban J connectivity index is 1.46. The Kier molecular flexibility index (Phi) is 7.50. The molecule has 0 unspecified atom stereocenters. The van der Waals surface area contributed by atoms with Crippen LogP contribution in [0.5, 0.6) is 5.75 Å². The quantitative estimate of drug-likeness (QED) is 0.173. The molecule has 0 bridgehead atoms. The molecular weight excluding hydrogens is 466 g/mol. The molecule has 4 aromatic rings. The number of carbonyl (C=O) groups excluding carboxylic acids is 3. The molecule has 0 fully saturated rings. The summed E-state index contributed by atoms with van der Waals surface area (Å²) in [7, 11) is 0. The lowest BCUT2D eigenvalue weighted by atomic mass is 10.0. The number of halogens is 1. The summed E-state index contributed by atoms with van der Waals surface area (Å²) in [5, 5.41) is 8.64. The third kappa shape index (κ3) is 6.10. The van der Waals surface area contributed by atoms with Crippen LogP contribution in [-0.2, 0) is 4.79 Å². The second kappa shape index (κ2) is 11.1. The van der Waals surface area contributed by atoms with Crippen molar-refractivity contribution in [2.45, 2.75) is 0 Å². The van der Waals surface area contributed by atoms with Crippen LogP contribution in [0.15, 0.2) is 96.1 Å². The van der Waals surface area contributed by atoms with Crippen LogP contribution >= 0.6 is 11.6 Å². The molecule has 0 aliphatic heterocycles. The van der Waals surface area contributed by atoms with E-state index in [0.29, 0.717) is 27.5 Å². The molecule has 4 rings (SSSR count). The van der Waals surface area contributed by atoms with Gasteiger partial charge in [-0.3, -0.25) is 9.59 Å². The van der Waals surface area contributed by atoms with E-state index in [1.54, 1.807) is 48.5 Å². The first kappa shape index (κ1) is 23.7. The van der Waals surface area contributed by atoms with Crippen LogP contribution in [0.4, 0.5) is 0 Å². The van der Waals surface area contributed by atoms with Gasteiger partial charge in [-0.05, 0) is 47.2 Å². The Morgan fingerprint density at radius 2 is 1.60 bits per heavy atom. The number of carbonyl (C=O) groups is 3. The molecule has 0 heterocycles. The Morgan fingerprint density at radius 3 is 2.40 bits per heavy atom. The normalized spacial score (nSPS) is 10.8. The summed E-state index contributed by atoms with van der Waals surface area (Å²) in [6, 6.07) is 26.1. The number of esters is 1. The minimum Gasteiger partial charge on any atom is -0.422 e. The molecule has 7 nitrogen and oxygen atoms in total. The van der Waals surface area contributed by atoms with Gasteiger partial charge in [0.05, 0.1) is 18.3 Å². The third-order valence-corrected chi connectivity index (χ3v) is 5.26. The highest BCUT2D eigenvalue weighted by Crippen LogP contribution is 2.27. The van der Waals surface area contributed by atoms with E-state index < -0.39 is 17.8 Å². The fourth-order valence-corrected chi connectivity index (χ4v) is 3.52. The number of benzene rings is 4. The van der Waals surface area contributed by atoms with E-state index in [1.165, 1.54) is 12.3 Å². The van der Waals surface area contributed by atoms with E-state index in [2.05, 4.69) is 15.8 Å². The van der Waals surface area contributed by atoms with E-state index in [-0.39, 0.29) is 6.54 Å². The molecular formula is C27H20ClN3O4. The van der Waals surface area contributed by atoms with Crippen molar-refractivity contribution in [1.82, 2.24) is 10.7 Å². The van der Waals surface area contributed by atoms with Crippen LogP contribution in [0.1, 0.15) is 26.3 Å². The smallest absolute Gasteiger partial charge is 0.343 e. The first-order chi connectivity index (χ1) is 17.0. The molecule has 0 saturated carbocycles. The summed E-state index contributed by atoms with van der Waals surface area (Å²) in [5.74, 6) is -1.18. The van der Waals surface area contributed by atoms with Crippen molar-refractivity contribution < 1.29 is 19.1 Å². The first-order valence-electron chi connectivity index (χ1n) is 10.7. The van der Waals surface area contributed by atoms with E-state index in [9.17, 15) is 14.4 Å². The maximum atomic E-state index is 12.6. The number of hydrogen-bond acceptors (Lipinski definition) is 5. The predicted molar refractivity (Wildman–Crippen MR) is 135 cm³/mol. The molecule has 0 aliphatic carbocycles. The highest BCUT2D eigenvalue weighted by molar-refractivity contribution is 6.31. The molecule has 0 atom stereocenters. The number of nitrogens with zero attached hydrogens (tertiary/aromatic N) is 1. The van der Waals surface area contributed by atoms with Gasteiger partial charge in [0.15, 0.2) is 0 Å². The highest BCUT2D eigenvalue weighted by atomic mass is 35.5. The van der Waals surface area contributed by atoms with E-state index >= 15 is 0 Å². The van der Waals surface area contributed by atoms with E-state index in [0.717, 1.165) is 10.8 Å². The monoisotopic (exact) mass is 485 g/mol. The molecule has 0 radical (unpaired) electrons. The number of hydrogen-bond donors (Lipinski definition) is 2. The molecule has 0 aromatic heterocycles. The second-order valence-corrected chi connectivity index (χ2v) is 7.88. The number of hydrazone groups is 1. The van der Waals surface area contributed by atoms with Crippen molar-refractivity contribution >= 4 is 46.4 Å². The summed E-state index contributed by atoms with van der Waals surface area (Å²) < 4.78 is 5.62. The number of rotatable bonds is 7. The van der Waals surface area contributed by atoms with Crippen molar-refractivity contribution in [3.63, 3.8) is 0 Å². The number of nitrogens with one attached hydrogen (secondary N) is 2. The Hall–Kier alpha value is -4.49. The van der Waals surface area contributed by atoms with Gasteiger partial charge in [0, 0.05) is 16.1 Å². The fraction of sp³-hybridized carbons (Fsp3) is 0.0370. The SMILES string of the molecule is O=C(CNC(=O)c1cccc(Cl)c1)N/N=C/c1c(OC(=O)c2ccccc2)ccc2ccccc12. The summed E-state index contributed by atoms with van der Waals surface area (Å²) in [4.78, 5) is 37.0. The van der Waals surface area contributed by atoms with Crippen molar-refractivity contribution in [2.75, 3.05) is 6.54 Å². The number of fused-ring (bicyclic) bond motifs is 1.